The Morgan fingerprint density at radius 2 is 1.71 bits per heavy atom. The number of methoxy groups -OCH3 is 1. The number of nitrogens with zero attached hydrogens (tertiary/aromatic N) is 3. The van der Waals surface area contributed by atoms with Gasteiger partial charge in [-0.05, 0) is 60.2 Å². The molecule has 5 rings (SSSR count). The highest BCUT2D eigenvalue weighted by atomic mass is 32.2. The third-order valence-electron chi connectivity index (χ3n) is 7.08. The fourth-order valence-electron chi connectivity index (χ4n) is 4.90. The molecule has 11 nitrogen and oxygen atoms in total. The minimum absolute atomic E-state index is 0.0104. The molecule has 1 fully saturated rings. The summed E-state index contributed by atoms with van der Waals surface area (Å²) >= 11 is 0. The minimum atomic E-state index is -3.79. The van der Waals surface area contributed by atoms with Gasteiger partial charge < -0.3 is 20.7 Å². The van der Waals surface area contributed by atoms with Gasteiger partial charge in [0.05, 0.1) is 12.8 Å². The van der Waals surface area contributed by atoms with Crippen molar-refractivity contribution in [1.82, 2.24) is 19.6 Å². The zero-order chi connectivity index (χ0) is 29.5. The van der Waals surface area contributed by atoms with E-state index in [-0.39, 0.29) is 17.0 Å². The number of ether oxygens (including phenoxy) is 1. The zero-order valence-electron chi connectivity index (χ0n) is 23.1. The molecular weight excluding hydrogens is 556 g/mol. The molecule has 2 aromatic carbocycles. The predicted molar refractivity (Wildman–Crippen MR) is 160 cm³/mol. The second-order valence-electron chi connectivity index (χ2n) is 9.92. The van der Waals surface area contributed by atoms with Crippen LogP contribution >= 0.6 is 0 Å². The Morgan fingerprint density at radius 3 is 2.48 bits per heavy atom. The number of hydrogen-bond acceptors (Lipinski definition) is 8. The van der Waals surface area contributed by atoms with E-state index in [1.165, 1.54) is 23.5 Å². The molecule has 218 valence electrons. The predicted octanol–water partition coefficient (Wildman–Crippen LogP) is 4.45. The summed E-state index contributed by atoms with van der Waals surface area (Å²) in [7, 11) is -2.55. The SMILES string of the molecule is COC(=O)C(Cc1ccc(Nc2nccc3ccncc23)cc1)NC(=O)Nc1ccccc1S(=O)(=O)N1CCCCC1. The smallest absolute Gasteiger partial charge is 0.328 e. The van der Waals surface area contributed by atoms with Gasteiger partial charge in [-0.1, -0.05) is 30.7 Å². The van der Waals surface area contributed by atoms with Crippen LogP contribution in [0.5, 0.6) is 0 Å². The number of benzene rings is 2. The molecule has 42 heavy (non-hydrogen) atoms. The van der Waals surface area contributed by atoms with E-state index in [2.05, 4.69) is 25.9 Å². The Morgan fingerprint density at radius 1 is 0.976 bits per heavy atom. The number of carbonyl (C=O) groups is 2. The van der Waals surface area contributed by atoms with Gasteiger partial charge in [-0.3, -0.25) is 4.98 Å². The number of rotatable bonds is 9. The number of carbonyl (C=O) groups excluding carboxylic acids is 2. The molecule has 1 aliphatic rings. The lowest BCUT2D eigenvalue weighted by Crippen LogP contribution is -2.45. The molecule has 0 aliphatic carbocycles. The van der Waals surface area contributed by atoms with E-state index >= 15 is 0 Å². The third kappa shape index (κ3) is 6.67. The van der Waals surface area contributed by atoms with Crippen molar-refractivity contribution in [2.24, 2.45) is 0 Å². The van der Waals surface area contributed by atoms with Crippen LogP contribution in [0.3, 0.4) is 0 Å². The molecule has 2 amide bonds. The molecule has 2 aromatic heterocycles. The average molecular weight is 589 g/mol. The van der Waals surface area contributed by atoms with Gasteiger partial charge in [-0.25, -0.2) is 23.0 Å². The van der Waals surface area contributed by atoms with Gasteiger partial charge in [0.2, 0.25) is 10.0 Å². The summed E-state index contributed by atoms with van der Waals surface area (Å²) in [6, 6.07) is 15.7. The van der Waals surface area contributed by atoms with E-state index < -0.39 is 28.1 Å². The van der Waals surface area contributed by atoms with Crippen molar-refractivity contribution in [1.29, 1.82) is 0 Å². The first-order chi connectivity index (χ1) is 20.3. The van der Waals surface area contributed by atoms with Crippen LogP contribution in [0.15, 0.2) is 84.1 Å². The maximum absolute atomic E-state index is 13.3. The largest absolute Gasteiger partial charge is 0.467 e. The Labute approximate surface area is 244 Å². The van der Waals surface area contributed by atoms with Crippen molar-refractivity contribution < 1.29 is 22.7 Å². The van der Waals surface area contributed by atoms with Crippen LogP contribution in [-0.2, 0) is 26.0 Å². The monoisotopic (exact) mass is 588 g/mol. The van der Waals surface area contributed by atoms with Crippen molar-refractivity contribution in [2.75, 3.05) is 30.8 Å². The quantitative estimate of drug-likeness (QED) is 0.243. The standard InChI is InChI=1S/C30H32N6O5S/c1-41-29(37)26(19-21-9-11-23(12-10-21)33-28-24-20-31-15-13-22(24)14-16-32-28)35-30(38)34-25-7-3-4-8-27(25)42(39,40)36-17-5-2-6-18-36/h3-4,7-16,20,26H,2,5-6,17-19H2,1H3,(H,32,33)(H2,34,35,38). The lowest BCUT2D eigenvalue weighted by molar-refractivity contribution is -0.142. The van der Waals surface area contributed by atoms with Gasteiger partial charge >= 0.3 is 12.0 Å². The van der Waals surface area contributed by atoms with Crippen molar-refractivity contribution in [2.45, 2.75) is 36.6 Å². The molecule has 1 atom stereocenters. The Hall–Kier alpha value is -4.55. The lowest BCUT2D eigenvalue weighted by atomic mass is 10.1. The van der Waals surface area contributed by atoms with E-state index in [9.17, 15) is 18.0 Å². The van der Waals surface area contributed by atoms with E-state index in [1.54, 1.807) is 30.7 Å². The molecule has 1 aliphatic heterocycles. The van der Waals surface area contributed by atoms with Gasteiger partial charge in [-0.15, -0.1) is 0 Å². The molecule has 1 unspecified atom stereocenters. The number of urea groups is 1. The van der Waals surface area contributed by atoms with Crippen LogP contribution in [0.1, 0.15) is 24.8 Å². The fraction of sp³-hybridized carbons (Fsp3) is 0.267. The first-order valence-corrected chi connectivity index (χ1v) is 15.1. The minimum Gasteiger partial charge on any atom is -0.467 e. The lowest BCUT2D eigenvalue weighted by Gasteiger charge is -2.27. The van der Waals surface area contributed by atoms with E-state index in [1.807, 2.05) is 36.4 Å². The maximum atomic E-state index is 13.3. The average Bonchev–Trinajstić information content (AvgIpc) is 3.02. The van der Waals surface area contributed by atoms with Crippen LogP contribution in [-0.4, -0.2) is 60.9 Å². The molecule has 3 heterocycles. The number of para-hydroxylation sites is 1. The normalized spacial score (nSPS) is 14.6. The van der Waals surface area contributed by atoms with Crippen molar-refractivity contribution in [3.8, 4) is 0 Å². The van der Waals surface area contributed by atoms with Gasteiger partial charge in [-0.2, -0.15) is 4.31 Å². The van der Waals surface area contributed by atoms with Crippen LogP contribution < -0.4 is 16.0 Å². The molecule has 0 spiro atoms. The highest BCUT2D eigenvalue weighted by Crippen LogP contribution is 2.27. The van der Waals surface area contributed by atoms with Crippen LogP contribution in [0.25, 0.3) is 10.8 Å². The first kappa shape index (κ1) is 29.0. The number of hydrogen-bond donors (Lipinski definition) is 3. The number of fused-ring (bicyclic) bond motifs is 1. The van der Waals surface area contributed by atoms with Crippen LogP contribution in [0.2, 0.25) is 0 Å². The highest BCUT2D eigenvalue weighted by molar-refractivity contribution is 7.89. The van der Waals surface area contributed by atoms with Gasteiger partial charge in [0, 0.05) is 49.2 Å². The van der Waals surface area contributed by atoms with E-state index in [0.717, 1.165) is 41.3 Å². The molecule has 12 heteroatoms. The molecule has 4 aromatic rings. The number of pyridine rings is 2. The number of nitrogens with one attached hydrogen (secondary N) is 3. The molecular formula is C30H32N6O5S. The summed E-state index contributed by atoms with van der Waals surface area (Å²) in [4.78, 5) is 34.2. The van der Waals surface area contributed by atoms with Crippen molar-refractivity contribution in [3.63, 3.8) is 0 Å². The number of esters is 1. The number of amides is 2. The molecule has 3 N–H and O–H groups in total. The topological polar surface area (TPSA) is 143 Å². The van der Waals surface area contributed by atoms with Crippen LogP contribution in [0, 0.1) is 0 Å². The second kappa shape index (κ2) is 13.0. The van der Waals surface area contributed by atoms with E-state index in [0.29, 0.717) is 18.9 Å². The molecule has 0 bridgehead atoms. The Balaban J connectivity index is 1.26. The first-order valence-electron chi connectivity index (χ1n) is 13.6. The molecule has 0 radical (unpaired) electrons. The summed E-state index contributed by atoms with van der Waals surface area (Å²) in [6.45, 7) is 0.883. The Kier molecular flexibility index (Phi) is 8.94. The van der Waals surface area contributed by atoms with Crippen molar-refractivity contribution >= 4 is 50.0 Å². The molecule has 1 saturated heterocycles. The number of anilines is 3. The fourth-order valence-corrected chi connectivity index (χ4v) is 6.56. The summed E-state index contributed by atoms with van der Waals surface area (Å²) < 4.78 is 32.9. The summed E-state index contributed by atoms with van der Waals surface area (Å²) in [5, 5.41) is 10.4. The highest BCUT2D eigenvalue weighted by Gasteiger charge is 2.29. The number of aromatic nitrogens is 2. The number of piperidine rings is 1. The van der Waals surface area contributed by atoms with E-state index in [4.69, 9.17) is 4.74 Å². The molecule has 0 saturated carbocycles. The van der Waals surface area contributed by atoms with Gasteiger partial charge in [0.25, 0.3) is 0 Å². The third-order valence-corrected chi connectivity index (χ3v) is 9.04. The Bertz CT molecular complexity index is 1670. The maximum Gasteiger partial charge on any atom is 0.328 e. The summed E-state index contributed by atoms with van der Waals surface area (Å²) in [5.41, 5.74) is 1.70. The number of sulfonamides is 1. The van der Waals surface area contributed by atoms with Crippen LogP contribution in [0.4, 0.5) is 22.0 Å². The summed E-state index contributed by atoms with van der Waals surface area (Å²) in [5.74, 6) is 0.0377. The zero-order valence-corrected chi connectivity index (χ0v) is 23.9. The van der Waals surface area contributed by atoms with Crippen molar-refractivity contribution in [3.05, 3.63) is 84.8 Å². The van der Waals surface area contributed by atoms with Gasteiger partial charge in [0.15, 0.2) is 0 Å². The summed E-state index contributed by atoms with van der Waals surface area (Å²) in [6.07, 6.45) is 7.93. The van der Waals surface area contributed by atoms with Gasteiger partial charge in [0.1, 0.15) is 16.8 Å². The second-order valence-corrected chi connectivity index (χ2v) is 11.8.